The van der Waals surface area contributed by atoms with Crippen molar-refractivity contribution in [1.82, 2.24) is 0 Å². The topological polar surface area (TPSA) is 29.3 Å². The number of benzene rings is 1. The maximum atomic E-state index is 5.69. The van der Waals surface area contributed by atoms with Crippen LogP contribution in [0.3, 0.4) is 0 Å². The van der Waals surface area contributed by atoms with Gasteiger partial charge in [0, 0.05) is 23.2 Å². The van der Waals surface area contributed by atoms with Crippen LogP contribution in [-0.2, 0) is 6.42 Å². The molecule has 0 amide bonds. The van der Waals surface area contributed by atoms with Crippen LogP contribution in [0.15, 0.2) is 22.7 Å². The van der Waals surface area contributed by atoms with Gasteiger partial charge in [-0.25, -0.2) is 0 Å². The largest absolute Gasteiger partial charge is 0.371 e. The molecule has 2 nitrogen and oxygen atoms in total. The normalized spacial score (nSPS) is 19.9. The summed E-state index contributed by atoms with van der Waals surface area (Å²) < 4.78 is 1.16. The van der Waals surface area contributed by atoms with Gasteiger partial charge in [-0.1, -0.05) is 35.3 Å². The van der Waals surface area contributed by atoms with Gasteiger partial charge in [0.1, 0.15) is 0 Å². The molecule has 2 rings (SSSR count). The number of nitrogens with two attached hydrogens (primary N) is 1. The van der Waals surface area contributed by atoms with Gasteiger partial charge in [0.2, 0.25) is 0 Å². The Morgan fingerprint density at radius 3 is 2.94 bits per heavy atom. The molecule has 3 heteroatoms. The molecule has 17 heavy (non-hydrogen) atoms. The summed E-state index contributed by atoms with van der Waals surface area (Å²) >= 11 is 3.57. The summed E-state index contributed by atoms with van der Waals surface area (Å²) in [5, 5.41) is 0. The van der Waals surface area contributed by atoms with Crippen LogP contribution in [0.1, 0.15) is 25.3 Å². The van der Waals surface area contributed by atoms with Crippen LogP contribution >= 0.6 is 15.9 Å². The molecule has 94 valence electrons. The minimum atomic E-state index is 0.722. The second kappa shape index (κ2) is 5.87. The number of anilines is 1. The van der Waals surface area contributed by atoms with E-state index in [-0.39, 0.29) is 0 Å². The first-order chi connectivity index (χ1) is 8.24. The van der Waals surface area contributed by atoms with E-state index in [2.05, 4.69) is 46.0 Å². The van der Waals surface area contributed by atoms with Crippen LogP contribution in [0.2, 0.25) is 0 Å². The number of halogens is 1. The second-order valence-corrected chi connectivity index (χ2v) is 5.74. The van der Waals surface area contributed by atoms with Crippen LogP contribution < -0.4 is 10.6 Å². The van der Waals surface area contributed by atoms with E-state index in [0.717, 1.165) is 23.4 Å². The van der Waals surface area contributed by atoms with Crippen molar-refractivity contribution < 1.29 is 0 Å². The number of hydrogen-bond acceptors (Lipinski definition) is 2. The van der Waals surface area contributed by atoms with Crippen molar-refractivity contribution in [3.05, 3.63) is 28.2 Å². The summed E-state index contributed by atoms with van der Waals surface area (Å²) in [5.74, 6) is 0.861. The lowest BCUT2D eigenvalue weighted by molar-refractivity contribution is 0.569. The predicted octanol–water partition coefficient (Wildman–Crippen LogP) is 3.19. The first-order valence-corrected chi connectivity index (χ1v) is 7.27. The standard InChI is InChI=1S/C14H21BrN2/c1-2-11-6-8-17(10-11)14-9-13(15)4-3-12(14)5-7-16/h3-4,9,11H,2,5-8,10,16H2,1H3. The smallest absolute Gasteiger partial charge is 0.0410 e. The van der Waals surface area contributed by atoms with Crippen LogP contribution in [0.25, 0.3) is 0 Å². The van der Waals surface area contributed by atoms with Crippen molar-refractivity contribution in [1.29, 1.82) is 0 Å². The van der Waals surface area contributed by atoms with Gasteiger partial charge < -0.3 is 10.6 Å². The SMILES string of the molecule is CCC1CCN(c2cc(Br)ccc2CCN)C1. The van der Waals surface area contributed by atoms with E-state index in [9.17, 15) is 0 Å². The van der Waals surface area contributed by atoms with Crippen LogP contribution in [-0.4, -0.2) is 19.6 Å². The zero-order chi connectivity index (χ0) is 12.3. The highest BCUT2D eigenvalue weighted by atomic mass is 79.9. The van der Waals surface area contributed by atoms with Gasteiger partial charge in [0.25, 0.3) is 0 Å². The maximum Gasteiger partial charge on any atom is 0.0410 e. The average Bonchev–Trinajstić information content (AvgIpc) is 2.80. The van der Waals surface area contributed by atoms with Crippen molar-refractivity contribution in [3.8, 4) is 0 Å². The first kappa shape index (κ1) is 12.9. The molecule has 0 aliphatic carbocycles. The molecule has 1 aromatic rings. The Hall–Kier alpha value is -0.540. The molecule has 0 saturated carbocycles. The Bertz CT molecular complexity index is 378. The number of hydrogen-bond donors (Lipinski definition) is 1. The molecule has 1 fully saturated rings. The monoisotopic (exact) mass is 296 g/mol. The van der Waals surface area contributed by atoms with Crippen molar-refractivity contribution in [2.24, 2.45) is 11.7 Å². The minimum Gasteiger partial charge on any atom is -0.371 e. The molecule has 0 aromatic heterocycles. The van der Waals surface area contributed by atoms with Gasteiger partial charge >= 0.3 is 0 Å². The lowest BCUT2D eigenvalue weighted by Crippen LogP contribution is -2.21. The van der Waals surface area contributed by atoms with Crippen LogP contribution in [0, 0.1) is 5.92 Å². The number of nitrogens with zero attached hydrogens (tertiary/aromatic N) is 1. The Kier molecular flexibility index (Phi) is 4.46. The molecule has 1 saturated heterocycles. The predicted molar refractivity (Wildman–Crippen MR) is 77.5 cm³/mol. The molecule has 1 unspecified atom stereocenters. The summed E-state index contributed by atoms with van der Waals surface area (Å²) in [6, 6.07) is 6.55. The zero-order valence-electron chi connectivity index (χ0n) is 10.5. The first-order valence-electron chi connectivity index (χ1n) is 6.48. The van der Waals surface area contributed by atoms with Crippen LogP contribution in [0.4, 0.5) is 5.69 Å². The third-order valence-electron chi connectivity index (χ3n) is 3.66. The van der Waals surface area contributed by atoms with E-state index in [1.165, 1.54) is 37.2 Å². The Labute approximate surface area is 112 Å². The van der Waals surface area contributed by atoms with Gasteiger partial charge in [-0.3, -0.25) is 0 Å². The van der Waals surface area contributed by atoms with Gasteiger partial charge in [-0.15, -0.1) is 0 Å². The zero-order valence-corrected chi connectivity index (χ0v) is 12.0. The fourth-order valence-electron chi connectivity index (χ4n) is 2.58. The third-order valence-corrected chi connectivity index (χ3v) is 4.16. The lowest BCUT2D eigenvalue weighted by Gasteiger charge is -2.22. The van der Waals surface area contributed by atoms with E-state index in [1.54, 1.807) is 0 Å². The molecule has 1 aliphatic heterocycles. The third kappa shape index (κ3) is 3.02. The summed E-state index contributed by atoms with van der Waals surface area (Å²) in [6.07, 6.45) is 3.58. The highest BCUT2D eigenvalue weighted by Crippen LogP contribution is 2.31. The average molecular weight is 297 g/mol. The Balaban J connectivity index is 2.21. The highest BCUT2D eigenvalue weighted by molar-refractivity contribution is 9.10. The highest BCUT2D eigenvalue weighted by Gasteiger charge is 2.22. The van der Waals surface area contributed by atoms with Crippen molar-refractivity contribution in [2.75, 3.05) is 24.5 Å². The molecule has 1 atom stereocenters. The van der Waals surface area contributed by atoms with E-state index in [4.69, 9.17) is 5.73 Å². The van der Waals surface area contributed by atoms with Crippen molar-refractivity contribution in [2.45, 2.75) is 26.2 Å². The molecule has 0 bridgehead atoms. The second-order valence-electron chi connectivity index (χ2n) is 4.82. The quantitative estimate of drug-likeness (QED) is 0.925. The molecule has 1 heterocycles. The van der Waals surface area contributed by atoms with Gasteiger partial charge in [0.15, 0.2) is 0 Å². The molecule has 2 N–H and O–H groups in total. The summed E-state index contributed by atoms with van der Waals surface area (Å²) in [7, 11) is 0. The van der Waals surface area contributed by atoms with Gasteiger partial charge in [0.05, 0.1) is 0 Å². The van der Waals surface area contributed by atoms with E-state index >= 15 is 0 Å². The lowest BCUT2D eigenvalue weighted by atomic mass is 10.1. The molecule has 1 aromatic carbocycles. The molecule has 0 spiro atoms. The van der Waals surface area contributed by atoms with Gasteiger partial charge in [-0.05, 0) is 43.0 Å². The fourth-order valence-corrected chi connectivity index (χ4v) is 2.93. The van der Waals surface area contributed by atoms with Crippen LogP contribution in [0.5, 0.6) is 0 Å². The Morgan fingerprint density at radius 1 is 1.47 bits per heavy atom. The van der Waals surface area contributed by atoms with E-state index < -0.39 is 0 Å². The van der Waals surface area contributed by atoms with Crippen molar-refractivity contribution in [3.63, 3.8) is 0 Å². The Morgan fingerprint density at radius 2 is 2.29 bits per heavy atom. The summed E-state index contributed by atoms with van der Waals surface area (Å²) in [5.41, 5.74) is 8.45. The molecule has 1 aliphatic rings. The number of rotatable bonds is 4. The van der Waals surface area contributed by atoms with E-state index in [0.29, 0.717) is 0 Å². The molecular formula is C14H21BrN2. The summed E-state index contributed by atoms with van der Waals surface area (Å²) in [6.45, 7) is 5.40. The minimum absolute atomic E-state index is 0.722. The van der Waals surface area contributed by atoms with Gasteiger partial charge in [-0.2, -0.15) is 0 Å². The molecular weight excluding hydrogens is 276 g/mol. The summed E-state index contributed by atoms with van der Waals surface area (Å²) in [4.78, 5) is 2.52. The van der Waals surface area contributed by atoms with Crippen molar-refractivity contribution >= 4 is 21.6 Å². The molecule has 0 radical (unpaired) electrons. The fraction of sp³-hybridized carbons (Fsp3) is 0.571. The van der Waals surface area contributed by atoms with E-state index in [1.807, 2.05) is 0 Å². The maximum absolute atomic E-state index is 5.69.